The van der Waals surface area contributed by atoms with Gasteiger partial charge in [-0.3, -0.25) is 4.79 Å². The van der Waals surface area contributed by atoms with E-state index in [1.807, 2.05) is 54.6 Å². The lowest BCUT2D eigenvalue weighted by Gasteiger charge is -2.06. The number of anilines is 1. The van der Waals surface area contributed by atoms with Crippen LogP contribution in [0.4, 0.5) is 5.69 Å². The average Bonchev–Trinajstić information content (AvgIpc) is 2.69. The number of benzene rings is 3. The Morgan fingerprint density at radius 2 is 1.75 bits per heavy atom. The lowest BCUT2D eigenvalue weighted by Crippen LogP contribution is -2.13. The van der Waals surface area contributed by atoms with Crippen LogP contribution in [0, 0.1) is 11.3 Å². The van der Waals surface area contributed by atoms with E-state index in [9.17, 15) is 10.1 Å². The van der Waals surface area contributed by atoms with Gasteiger partial charge in [0.05, 0.1) is 0 Å². The van der Waals surface area contributed by atoms with Gasteiger partial charge in [-0.05, 0) is 53.5 Å². The van der Waals surface area contributed by atoms with Crippen LogP contribution in [0.3, 0.4) is 0 Å². The third kappa shape index (κ3) is 5.23. The number of halogens is 2. The molecule has 0 aliphatic rings. The minimum Gasteiger partial charge on any atom is -0.321 e. The summed E-state index contributed by atoms with van der Waals surface area (Å²) in [5.41, 5.74) is 3.45. The highest BCUT2D eigenvalue weighted by Crippen LogP contribution is 2.20. The largest absolute Gasteiger partial charge is 0.321 e. The van der Waals surface area contributed by atoms with E-state index in [4.69, 9.17) is 23.2 Å². The molecule has 28 heavy (non-hydrogen) atoms. The van der Waals surface area contributed by atoms with Gasteiger partial charge in [0.15, 0.2) is 0 Å². The second kappa shape index (κ2) is 9.23. The maximum atomic E-state index is 12.3. The number of amides is 1. The Balaban J connectivity index is 1.73. The highest BCUT2D eigenvalue weighted by molar-refractivity contribution is 6.31. The lowest BCUT2D eigenvalue weighted by molar-refractivity contribution is -0.112. The van der Waals surface area contributed by atoms with Gasteiger partial charge in [0, 0.05) is 15.7 Å². The van der Waals surface area contributed by atoms with Gasteiger partial charge in [0.25, 0.3) is 5.91 Å². The third-order valence-corrected chi connectivity index (χ3v) is 4.69. The molecule has 0 saturated carbocycles. The first kappa shape index (κ1) is 19.7. The fraction of sp³-hybridized carbons (Fsp3) is 0.0435. The number of carbonyl (C=O) groups is 1. The third-order valence-electron chi connectivity index (χ3n) is 4.09. The summed E-state index contributed by atoms with van der Waals surface area (Å²) in [5.74, 6) is -0.482. The number of rotatable bonds is 5. The Kier molecular flexibility index (Phi) is 6.49. The zero-order valence-electron chi connectivity index (χ0n) is 14.8. The quantitative estimate of drug-likeness (QED) is 0.409. The van der Waals surface area contributed by atoms with Crippen LogP contribution in [0.15, 0.2) is 78.4 Å². The van der Waals surface area contributed by atoms with Crippen LogP contribution in [-0.4, -0.2) is 5.91 Å². The fourth-order valence-electron chi connectivity index (χ4n) is 2.67. The number of nitrogens with one attached hydrogen (secondary N) is 1. The van der Waals surface area contributed by atoms with Gasteiger partial charge < -0.3 is 5.32 Å². The molecule has 1 N–H and O–H groups in total. The summed E-state index contributed by atoms with van der Waals surface area (Å²) in [7, 11) is 0. The first-order valence-corrected chi connectivity index (χ1v) is 9.32. The van der Waals surface area contributed by atoms with Crippen LogP contribution < -0.4 is 5.32 Å². The van der Waals surface area contributed by atoms with Crippen LogP contribution in [0.5, 0.6) is 0 Å². The smallest absolute Gasteiger partial charge is 0.266 e. The molecular formula is C23H16Cl2N2O. The molecule has 0 fully saturated rings. The van der Waals surface area contributed by atoms with Gasteiger partial charge in [0.1, 0.15) is 11.6 Å². The number of carbonyl (C=O) groups excluding carboxylic acids is 1. The van der Waals surface area contributed by atoms with Crippen molar-refractivity contribution in [1.82, 2.24) is 0 Å². The average molecular weight is 407 g/mol. The van der Waals surface area contributed by atoms with Crippen molar-refractivity contribution in [1.29, 1.82) is 5.26 Å². The van der Waals surface area contributed by atoms with E-state index in [2.05, 4.69) is 5.32 Å². The van der Waals surface area contributed by atoms with Crippen molar-refractivity contribution in [2.45, 2.75) is 6.42 Å². The number of nitrogens with zero attached hydrogens (tertiary/aromatic N) is 1. The molecule has 0 aliphatic carbocycles. The Bertz CT molecular complexity index is 1070. The monoisotopic (exact) mass is 406 g/mol. The summed E-state index contributed by atoms with van der Waals surface area (Å²) >= 11 is 12.1. The van der Waals surface area contributed by atoms with Gasteiger partial charge in [0.2, 0.25) is 0 Å². The Labute approximate surface area is 173 Å². The molecule has 0 atom stereocenters. The minimum absolute atomic E-state index is 0.0128. The summed E-state index contributed by atoms with van der Waals surface area (Å²) in [6.45, 7) is 0. The molecule has 3 aromatic carbocycles. The molecule has 138 valence electrons. The highest BCUT2D eigenvalue weighted by Gasteiger charge is 2.10. The van der Waals surface area contributed by atoms with E-state index in [1.165, 1.54) is 0 Å². The minimum atomic E-state index is -0.482. The van der Waals surface area contributed by atoms with Gasteiger partial charge in [-0.25, -0.2) is 0 Å². The van der Waals surface area contributed by atoms with Crippen LogP contribution in [0.2, 0.25) is 10.0 Å². The summed E-state index contributed by atoms with van der Waals surface area (Å²) in [6, 6.07) is 24.1. The zero-order valence-corrected chi connectivity index (χ0v) is 16.3. The van der Waals surface area contributed by atoms with E-state index >= 15 is 0 Å². The predicted molar refractivity (Wildman–Crippen MR) is 114 cm³/mol. The molecule has 0 aromatic heterocycles. The Morgan fingerprint density at radius 3 is 2.43 bits per heavy atom. The van der Waals surface area contributed by atoms with Crippen LogP contribution in [0.25, 0.3) is 6.08 Å². The SMILES string of the molecule is N#C/C(=C\c1ccc(Cc2ccccc2Cl)cc1)C(=O)Nc1cccc(Cl)c1. The Hall–Kier alpha value is -3.06. The van der Waals surface area contributed by atoms with Gasteiger partial charge in [-0.15, -0.1) is 0 Å². The van der Waals surface area contributed by atoms with E-state index in [0.717, 1.165) is 21.7 Å². The molecule has 0 aliphatic heterocycles. The predicted octanol–water partition coefficient (Wildman–Crippen LogP) is 6.13. The molecular weight excluding hydrogens is 391 g/mol. The molecule has 5 heteroatoms. The topological polar surface area (TPSA) is 52.9 Å². The van der Waals surface area contributed by atoms with Crippen molar-refractivity contribution in [3.8, 4) is 6.07 Å². The van der Waals surface area contributed by atoms with Crippen molar-refractivity contribution in [3.05, 3.63) is 105 Å². The second-order valence-electron chi connectivity index (χ2n) is 6.14. The van der Waals surface area contributed by atoms with Gasteiger partial charge >= 0.3 is 0 Å². The van der Waals surface area contributed by atoms with Gasteiger partial charge in [-0.2, -0.15) is 5.26 Å². The van der Waals surface area contributed by atoms with Crippen molar-refractivity contribution in [2.24, 2.45) is 0 Å². The van der Waals surface area contributed by atoms with Crippen molar-refractivity contribution in [3.63, 3.8) is 0 Å². The molecule has 3 rings (SSSR count). The molecule has 3 aromatic rings. The van der Waals surface area contributed by atoms with Crippen LogP contribution >= 0.6 is 23.2 Å². The summed E-state index contributed by atoms with van der Waals surface area (Å²) in [4.78, 5) is 12.3. The molecule has 3 nitrogen and oxygen atoms in total. The molecule has 0 spiro atoms. The Morgan fingerprint density at radius 1 is 1.00 bits per heavy atom. The number of hydrogen-bond donors (Lipinski definition) is 1. The highest BCUT2D eigenvalue weighted by atomic mass is 35.5. The first-order valence-electron chi connectivity index (χ1n) is 8.56. The number of hydrogen-bond acceptors (Lipinski definition) is 2. The molecule has 0 radical (unpaired) electrons. The molecule has 0 saturated heterocycles. The second-order valence-corrected chi connectivity index (χ2v) is 6.99. The van der Waals surface area contributed by atoms with Crippen molar-refractivity contribution in [2.75, 3.05) is 5.32 Å². The van der Waals surface area contributed by atoms with E-state index in [1.54, 1.807) is 30.3 Å². The van der Waals surface area contributed by atoms with E-state index in [0.29, 0.717) is 17.1 Å². The van der Waals surface area contributed by atoms with E-state index < -0.39 is 5.91 Å². The van der Waals surface area contributed by atoms with Crippen LogP contribution in [0.1, 0.15) is 16.7 Å². The molecule has 0 heterocycles. The summed E-state index contributed by atoms with van der Waals surface area (Å²) in [5, 5.41) is 13.3. The molecule has 0 unspecified atom stereocenters. The molecule has 1 amide bonds. The van der Waals surface area contributed by atoms with E-state index in [-0.39, 0.29) is 5.57 Å². The van der Waals surface area contributed by atoms with Crippen molar-refractivity contribution < 1.29 is 4.79 Å². The molecule has 0 bridgehead atoms. The first-order chi connectivity index (χ1) is 13.5. The summed E-state index contributed by atoms with van der Waals surface area (Å²) in [6.07, 6.45) is 2.27. The summed E-state index contributed by atoms with van der Waals surface area (Å²) < 4.78 is 0. The van der Waals surface area contributed by atoms with Crippen molar-refractivity contribution >= 4 is 40.9 Å². The zero-order chi connectivity index (χ0) is 19.9. The normalized spacial score (nSPS) is 11.0. The van der Waals surface area contributed by atoms with Gasteiger partial charge in [-0.1, -0.05) is 71.7 Å². The number of nitriles is 1. The standard InChI is InChI=1S/C23H16Cl2N2O/c24-20-5-3-6-21(14-20)27-23(28)19(15-26)13-17-10-8-16(9-11-17)12-18-4-1-2-7-22(18)25/h1-11,13-14H,12H2,(H,27,28)/b19-13+. The maximum Gasteiger partial charge on any atom is 0.266 e. The fourth-order valence-corrected chi connectivity index (χ4v) is 3.07. The maximum absolute atomic E-state index is 12.3. The van der Waals surface area contributed by atoms with Crippen LogP contribution in [-0.2, 0) is 11.2 Å². The lowest BCUT2D eigenvalue weighted by atomic mass is 10.0.